The maximum atomic E-state index is 12.3. The molecule has 1 heterocycles. The van der Waals surface area contributed by atoms with Crippen LogP contribution in [0.1, 0.15) is 17.3 Å². The molecule has 142 valence electrons. The van der Waals surface area contributed by atoms with Gasteiger partial charge in [-0.25, -0.2) is 27.0 Å². The smallest absolute Gasteiger partial charge is 0.257 e. The van der Waals surface area contributed by atoms with Crippen molar-refractivity contribution >= 4 is 52.5 Å². The van der Waals surface area contributed by atoms with Crippen molar-refractivity contribution in [3.63, 3.8) is 0 Å². The van der Waals surface area contributed by atoms with E-state index in [1.807, 2.05) is 0 Å². The number of anilines is 1. The van der Waals surface area contributed by atoms with E-state index in [2.05, 4.69) is 10.3 Å². The zero-order valence-electron chi connectivity index (χ0n) is 14.0. The Balaban J connectivity index is 1.83. The summed E-state index contributed by atoms with van der Waals surface area (Å²) in [4.78, 5) is 16.7. The van der Waals surface area contributed by atoms with Gasteiger partial charge in [0.05, 0.1) is 25.8 Å². The number of benzene rings is 2. The zero-order chi connectivity index (χ0) is 19.8. The van der Waals surface area contributed by atoms with Crippen LogP contribution in [-0.4, -0.2) is 33.5 Å². The van der Waals surface area contributed by atoms with Gasteiger partial charge in [-0.3, -0.25) is 10.1 Å². The molecule has 1 aromatic heterocycles. The van der Waals surface area contributed by atoms with Gasteiger partial charge in [0.25, 0.3) is 5.91 Å². The van der Waals surface area contributed by atoms with Crippen LogP contribution in [0.4, 0.5) is 5.13 Å². The molecule has 8 nitrogen and oxygen atoms in total. The van der Waals surface area contributed by atoms with Gasteiger partial charge in [0.15, 0.2) is 15.0 Å². The third-order valence-electron chi connectivity index (χ3n) is 3.76. The molecule has 1 amide bonds. The van der Waals surface area contributed by atoms with Crippen molar-refractivity contribution in [1.82, 2.24) is 4.98 Å². The summed E-state index contributed by atoms with van der Waals surface area (Å²) in [5.41, 5.74) is 0.793. The molecule has 3 rings (SSSR count). The molecule has 0 saturated heterocycles. The number of sulfone groups is 1. The molecule has 0 aliphatic heterocycles. The van der Waals surface area contributed by atoms with Crippen LogP contribution in [0.25, 0.3) is 10.2 Å². The van der Waals surface area contributed by atoms with E-state index in [0.717, 1.165) is 11.3 Å². The molecule has 0 fully saturated rings. The molecule has 0 spiro atoms. The Bertz CT molecular complexity index is 1230. The average Bonchev–Trinajstić information content (AvgIpc) is 3.02. The lowest BCUT2D eigenvalue weighted by molar-refractivity contribution is 0.102. The molecule has 11 heteroatoms. The molecule has 0 unspecified atom stereocenters. The number of hydrogen-bond acceptors (Lipinski definition) is 7. The highest BCUT2D eigenvalue weighted by molar-refractivity contribution is 7.91. The summed E-state index contributed by atoms with van der Waals surface area (Å²) in [5, 5.41) is 8.01. The van der Waals surface area contributed by atoms with E-state index in [0.29, 0.717) is 10.2 Å². The van der Waals surface area contributed by atoms with Crippen LogP contribution >= 0.6 is 11.3 Å². The number of nitrogens with two attached hydrogens (primary N) is 1. The van der Waals surface area contributed by atoms with Crippen LogP contribution < -0.4 is 10.5 Å². The Morgan fingerprint density at radius 3 is 2.30 bits per heavy atom. The monoisotopic (exact) mass is 425 g/mol. The van der Waals surface area contributed by atoms with Crippen LogP contribution in [-0.2, 0) is 19.9 Å². The molecule has 0 radical (unpaired) electrons. The number of amides is 1. The number of sulfonamides is 1. The summed E-state index contributed by atoms with van der Waals surface area (Å²) in [6.45, 7) is 1.55. The van der Waals surface area contributed by atoms with Crippen molar-refractivity contribution in [2.45, 2.75) is 16.7 Å². The van der Waals surface area contributed by atoms with Crippen LogP contribution in [0.5, 0.6) is 0 Å². The second-order valence-corrected chi connectivity index (χ2v) is 10.4. The van der Waals surface area contributed by atoms with Gasteiger partial charge < -0.3 is 0 Å². The van der Waals surface area contributed by atoms with E-state index in [1.165, 1.54) is 42.5 Å². The van der Waals surface area contributed by atoms with Gasteiger partial charge in [-0.1, -0.05) is 18.3 Å². The van der Waals surface area contributed by atoms with Gasteiger partial charge in [-0.2, -0.15) is 0 Å². The number of aromatic nitrogens is 1. The van der Waals surface area contributed by atoms with E-state index in [1.54, 1.807) is 6.92 Å². The molecule has 3 N–H and O–H groups in total. The topological polar surface area (TPSA) is 136 Å². The predicted octanol–water partition coefficient (Wildman–Crippen LogP) is 1.99. The standard InChI is InChI=1S/C16H15N3O5S3/c1-2-26(21,22)11-5-3-10(4-6-11)15(20)19-16-18-13-8-7-12(27(17,23)24)9-14(13)25-16/h3-9H,2H2,1H3,(H2,17,23,24)(H,18,19,20). The van der Waals surface area contributed by atoms with Crippen LogP contribution in [0.15, 0.2) is 52.3 Å². The predicted molar refractivity (Wildman–Crippen MR) is 103 cm³/mol. The first kappa shape index (κ1) is 19.4. The number of rotatable bonds is 5. The first-order chi connectivity index (χ1) is 12.6. The summed E-state index contributed by atoms with van der Waals surface area (Å²) in [6.07, 6.45) is 0. The minimum atomic E-state index is -3.83. The Kier molecular flexibility index (Phi) is 5.04. The van der Waals surface area contributed by atoms with Crippen LogP contribution in [0.2, 0.25) is 0 Å². The lowest BCUT2D eigenvalue weighted by Gasteiger charge is -2.04. The van der Waals surface area contributed by atoms with E-state index in [9.17, 15) is 21.6 Å². The van der Waals surface area contributed by atoms with Crippen molar-refractivity contribution in [2.24, 2.45) is 5.14 Å². The summed E-state index contributed by atoms with van der Waals surface area (Å²) in [5.74, 6) is -0.480. The fourth-order valence-corrected chi connectivity index (χ4v) is 4.68. The van der Waals surface area contributed by atoms with Gasteiger partial charge in [0.1, 0.15) is 0 Å². The maximum absolute atomic E-state index is 12.3. The van der Waals surface area contributed by atoms with Crippen molar-refractivity contribution in [2.75, 3.05) is 11.1 Å². The fourth-order valence-electron chi connectivity index (χ4n) is 2.28. The van der Waals surface area contributed by atoms with Crippen molar-refractivity contribution < 1.29 is 21.6 Å². The lowest BCUT2D eigenvalue weighted by atomic mass is 10.2. The highest BCUT2D eigenvalue weighted by Crippen LogP contribution is 2.28. The Morgan fingerprint density at radius 1 is 1.07 bits per heavy atom. The number of primary sulfonamides is 1. The van der Waals surface area contributed by atoms with Crippen molar-refractivity contribution in [3.05, 3.63) is 48.0 Å². The highest BCUT2D eigenvalue weighted by Gasteiger charge is 2.15. The molecule has 27 heavy (non-hydrogen) atoms. The maximum Gasteiger partial charge on any atom is 0.257 e. The third kappa shape index (κ3) is 4.16. The largest absolute Gasteiger partial charge is 0.298 e. The molecule has 0 aliphatic carbocycles. The zero-order valence-corrected chi connectivity index (χ0v) is 16.5. The first-order valence-electron chi connectivity index (χ1n) is 7.68. The Labute approximate surface area is 160 Å². The van der Waals surface area contributed by atoms with E-state index in [4.69, 9.17) is 5.14 Å². The molecule has 0 atom stereocenters. The number of hydrogen-bond donors (Lipinski definition) is 2. The number of nitrogens with zero attached hydrogens (tertiary/aromatic N) is 1. The van der Waals surface area contributed by atoms with E-state index < -0.39 is 25.8 Å². The number of thiazole rings is 1. The molecule has 3 aromatic rings. The molecule has 0 bridgehead atoms. The minimum absolute atomic E-state index is 0.0231. The van der Waals surface area contributed by atoms with E-state index in [-0.39, 0.29) is 26.2 Å². The normalized spacial score (nSPS) is 12.2. The van der Waals surface area contributed by atoms with Gasteiger partial charge in [0.2, 0.25) is 10.0 Å². The molecular formula is C16H15N3O5S3. The highest BCUT2D eigenvalue weighted by atomic mass is 32.2. The summed E-state index contributed by atoms with van der Waals surface area (Å²) < 4.78 is 47.0. The second kappa shape index (κ2) is 7.00. The average molecular weight is 426 g/mol. The van der Waals surface area contributed by atoms with Crippen LogP contribution in [0, 0.1) is 0 Å². The SMILES string of the molecule is CCS(=O)(=O)c1ccc(C(=O)Nc2nc3ccc(S(N)(=O)=O)cc3s2)cc1. The Morgan fingerprint density at radius 2 is 1.70 bits per heavy atom. The second-order valence-electron chi connectivity index (χ2n) is 5.58. The van der Waals surface area contributed by atoms with Gasteiger partial charge in [0, 0.05) is 5.56 Å². The van der Waals surface area contributed by atoms with Crippen molar-refractivity contribution in [3.8, 4) is 0 Å². The summed E-state index contributed by atoms with van der Waals surface area (Å²) in [6, 6.07) is 9.84. The molecule has 0 aliphatic rings. The summed E-state index contributed by atoms with van der Waals surface area (Å²) in [7, 11) is -7.16. The first-order valence-corrected chi connectivity index (χ1v) is 11.7. The molecule has 2 aromatic carbocycles. The van der Waals surface area contributed by atoms with Gasteiger partial charge >= 0.3 is 0 Å². The number of carbonyl (C=O) groups excluding carboxylic acids is 1. The Hall–Kier alpha value is -2.34. The lowest BCUT2D eigenvalue weighted by Crippen LogP contribution is -2.12. The van der Waals surface area contributed by atoms with Gasteiger partial charge in [-0.15, -0.1) is 0 Å². The number of nitrogens with one attached hydrogen (secondary N) is 1. The van der Waals surface area contributed by atoms with E-state index >= 15 is 0 Å². The molecule has 0 saturated carbocycles. The third-order valence-corrected chi connectivity index (χ3v) is 7.36. The molecular weight excluding hydrogens is 410 g/mol. The fraction of sp³-hybridized carbons (Fsp3) is 0.125. The van der Waals surface area contributed by atoms with Crippen LogP contribution in [0.3, 0.4) is 0 Å². The number of fused-ring (bicyclic) bond motifs is 1. The summed E-state index contributed by atoms with van der Waals surface area (Å²) >= 11 is 1.10. The quantitative estimate of drug-likeness (QED) is 0.641. The van der Waals surface area contributed by atoms with Crippen molar-refractivity contribution in [1.29, 1.82) is 0 Å². The number of carbonyl (C=O) groups is 1. The minimum Gasteiger partial charge on any atom is -0.298 e. The van der Waals surface area contributed by atoms with Gasteiger partial charge in [-0.05, 0) is 42.5 Å².